The molecule has 7 heteroatoms. The van der Waals surface area contributed by atoms with Crippen LogP contribution in [0, 0.1) is 0 Å². The highest BCUT2D eigenvalue weighted by molar-refractivity contribution is 7.21. The fourth-order valence-corrected chi connectivity index (χ4v) is 4.26. The molecule has 0 saturated carbocycles. The quantitative estimate of drug-likeness (QED) is 0.515. The number of anilines is 1. The van der Waals surface area contributed by atoms with Crippen molar-refractivity contribution in [1.82, 2.24) is 4.98 Å². The first-order valence-corrected chi connectivity index (χ1v) is 9.65. The van der Waals surface area contributed by atoms with E-state index in [0.717, 1.165) is 22.4 Å². The van der Waals surface area contributed by atoms with Crippen LogP contribution in [0.25, 0.3) is 32.6 Å². The van der Waals surface area contributed by atoms with E-state index in [9.17, 15) is 4.79 Å². The van der Waals surface area contributed by atoms with E-state index in [1.807, 2.05) is 54.6 Å². The number of hydrogen-bond donors (Lipinski definition) is 2. The van der Waals surface area contributed by atoms with Gasteiger partial charge in [0.05, 0.1) is 25.6 Å². The molecular formula is C22H19N3O3S. The van der Waals surface area contributed by atoms with Crippen LogP contribution in [0.2, 0.25) is 0 Å². The second-order valence-corrected chi connectivity index (χ2v) is 7.38. The van der Waals surface area contributed by atoms with Crippen LogP contribution in [-0.2, 0) is 0 Å². The molecule has 2 aromatic heterocycles. The molecule has 0 spiro atoms. The van der Waals surface area contributed by atoms with Gasteiger partial charge in [-0.05, 0) is 29.3 Å². The predicted octanol–water partition coefficient (Wildman–Crippen LogP) is 4.33. The summed E-state index contributed by atoms with van der Waals surface area (Å²) in [7, 11) is 3.18. The molecule has 4 rings (SSSR count). The monoisotopic (exact) mass is 405 g/mol. The molecule has 2 heterocycles. The van der Waals surface area contributed by atoms with Crippen molar-refractivity contribution >= 4 is 33.1 Å². The van der Waals surface area contributed by atoms with Gasteiger partial charge in [0.2, 0.25) is 0 Å². The molecule has 1 amide bonds. The lowest BCUT2D eigenvalue weighted by molar-refractivity contribution is 0.100. The molecule has 2 aromatic carbocycles. The van der Waals surface area contributed by atoms with Gasteiger partial charge in [-0.3, -0.25) is 4.79 Å². The molecule has 29 heavy (non-hydrogen) atoms. The number of benzene rings is 2. The molecule has 4 aromatic rings. The molecule has 0 atom stereocenters. The number of primary amides is 1. The fourth-order valence-electron chi connectivity index (χ4n) is 3.29. The summed E-state index contributed by atoms with van der Waals surface area (Å²) < 4.78 is 10.8. The van der Waals surface area contributed by atoms with Gasteiger partial charge in [0, 0.05) is 10.9 Å². The molecule has 0 unspecified atom stereocenters. The Labute approximate surface area is 171 Å². The molecule has 0 aliphatic heterocycles. The van der Waals surface area contributed by atoms with Gasteiger partial charge in [0.15, 0.2) is 11.5 Å². The Morgan fingerprint density at radius 2 is 1.69 bits per heavy atom. The van der Waals surface area contributed by atoms with Crippen molar-refractivity contribution in [3.05, 3.63) is 59.5 Å². The van der Waals surface area contributed by atoms with E-state index >= 15 is 0 Å². The van der Waals surface area contributed by atoms with Crippen LogP contribution < -0.4 is 20.9 Å². The van der Waals surface area contributed by atoms with E-state index < -0.39 is 5.91 Å². The molecule has 0 fully saturated rings. The maximum Gasteiger partial charge on any atom is 0.260 e. The van der Waals surface area contributed by atoms with Crippen molar-refractivity contribution in [2.45, 2.75) is 0 Å². The summed E-state index contributed by atoms with van der Waals surface area (Å²) in [6, 6.07) is 17.4. The van der Waals surface area contributed by atoms with E-state index in [0.29, 0.717) is 32.3 Å². The number of nitrogens with two attached hydrogens (primary N) is 2. The smallest absolute Gasteiger partial charge is 0.260 e. The highest BCUT2D eigenvalue weighted by Crippen LogP contribution is 2.42. The number of nitrogen functional groups attached to an aromatic ring is 1. The van der Waals surface area contributed by atoms with Gasteiger partial charge in [0.25, 0.3) is 5.91 Å². The summed E-state index contributed by atoms with van der Waals surface area (Å²) in [5.41, 5.74) is 15.6. The van der Waals surface area contributed by atoms with Gasteiger partial charge < -0.3 is 20.9 Å². The molecule has 6 nitrogen and oxygen atoms in total. The zero-order valence-electron chi connectivity index (χ0n) is 15.9. The summed E-state index contributed by atoms with van der Waals surface area (Å²) in [4.78, 5) is 17.6. The minimum atomic E-state index is -0.565. The Hall–Kier alpha value is -3.58. The first-order chi connectivity index (χ1) is 14.0. The summed E-state index contributed by atoms with van der Waals surface area (Å²) in [5, 5.41) is 0.704. The van der Waals surface area contributed by atoms with Gasteiger partial charge in [-0.15, -0.1) is 11.3 Å². The Morgan fingerprint density at radius 1 is 0.966 bits per heavy atom. The number of amides is 1. The SMILES string of the molecule is COc1ccc(-c2cc(-c3ccccc3)nc3sc(C(N)=O)c(N)c23)cc1OC. The number of nitrogens with zero attached hydrogens (tertiary/aromatic N) is 1. The van der Waals surface area contributed by atoms with Crippen molar-refractivity contribution in [2.75, 3.05) is 20.0 Å². The first kappa shape index (κ1) is 18.8. The average Bonchev–Trinajstić information content (AvgIpc) is 3.10. The Balaban J connectivity index is 2.04. The summed E-state index contributed by atoms with van der Waals surface area (Å²) in [6.45, 7) is 0. The minimum Gasteiger partial charge on any atom is -0.493 e. The van der Waals surface area contributed by atoms with Gasteiger partial charge in [0.1, 0.15) is 9.71 Å². The van der Waals surface area contributed by atoms with Crippen LogP contribution in [0.5, 0.6) is 11.5 Å². The fraction of sp³-hybridized carbons (Fsp3) is 0.0909. The molecule has 0 aliphatic carbocycles. The zero-order valence-corrected chi connectivity index (χ0v) is 16.7. The molecule has 4 N–H and O–H groups in total. The third kappa shape index (κ3) is 3.25. The number of rotatable bonds is 5. The molecule has 0 bridgehead atoms. The topological polar surface area (TPSA) is 100 Å². The lowest BCUT2D eigenvalue weighted by Crippen LogP contribution is -2.10. The van der Waals surface area contributed by atoms with Crippen molar-refractivity contribution < 1.29 is 14.3 Å². The molecule has 0 radical (unpaired) electrons. The number of fused-ring (bicyclic) bond motifs is 1. The Bertz CT molecular complexity index is 1220. The van der Waals surface area contributed by atoms with Crippen LogP contribution >= 0.6 is 11.3 Å². The van der Waals surface area contributed by atoms with Crippen molar-refractivity contribution in [3.63, 3.8) is 0 Å². The first-order valence-electron chi connectivity index (χ1n) is 8.84. The van der Waals surface area contributed by atoms with Crippen molar-refractivity contribution in [2.24, 2.45) is 5.73 Å². The maximum absolute atomic E-state index is 11.9. The van der Waals surface area contributed by atoms with Gasteiger partial charge in [-0.25, -0.2) is 4.98 Å². The molecule has 0 saturated heterocycles. The Kier molecular flexibility index (Phi) is 4.82. The highest BCUT2D eigenvalue weighted by Gasteiger charge is 2.21. The van der Waals surface area contributed by atoms with E-state index in [1.54, 1.807) is 14.2 Å². The molecule has 146 valence electrons. The van der Waals surface area contributed by atoms with Crippen LogP contribution in [-0.4, -0.2) is 25.1 Å². The molecule has 0 aliphatic rings. The van der Waals surface area contributed by atoms with Crippen LogP contribution in [0.4, 0.5) is 5.69 Å². The second kappa shape index (κ2) is 7.44. The van der Waals surface area contributed by atoms with Crippen molar-refractivity contribution in [1.29, 1.82) is 0 Å². The van der Waals surface area contributed by atoms with Crippen molar-refractivity contribution in [3.8, 4) is 33.9 Å². The van der Waals surface area contributed by atoms with Gasteiger partial charge in [-0.1, -0.05) is 36.4 Å². The summed E-state index contributed by atoms with van der Waals surface area (Å²) in [5.74, 6) is 0.658. The third-order valence-corrected chi connectivity index (χ3v) is 5.80. The predicted molar refractivity (Wildman–Crippen MR) is 117 cm³/mol. The van der Waals surface area contributed by atoms with Crippen LogP contribution in [0.3, 0.4) is 0 Å². The number of carbonyl (C=O) groups is 1. The van der Waals surface area contributed by atoms with Crippen LogP contribution in [0.1, 0.15) is 9.67 Å². The maximum atomic E-state index is 11.9. The van der Waals surface area contributed by atoms with Crippen LogP contribution in [0.15, 0.2) is 54.6 Å². The lowest BCUT2D eigenvalue weighted by Gasteiger charge is -2.12. The van der Waals surface area contributed by atoms with E-state index in [2.05, 4.69) is 0 Å². The zero-order chi connectivity index (χ0) is 20.5. The Morgan fingerprint density at radius 3 is 2.34 bits per heavy atom. The number of methoxy groups -OCH3 is 2. The van der Waals surface area contributed by atoms with Gasteiger partial charge >= 0.3 is 0 Å². The minimum absolute atomic E-state index is 0.305. The number of carbonyl (C=O) groups excluding carboxylic acids is 1. The summed E-state index contributed by atoms with van der Waals surface area (Å²) in [6.07, 6.45) is 0. The number of thiophene rings is 1. The number of ether oxygens (including phenoxy) is 2. The lowest BCUT2D eigenvalue weighted by atomic mass is 9.99. The summed E-state index contributed by atoms with van der Waals surface area (Å²) >= 11 is 1.20. The number of pyridine rings is 1. The third-order valence-electron chi connectivity index (χ3n) is 4.69. The normalized spacial score (nSPS) is 10.8. The number of hydrogen-bond acceptors (Lipinski definition) is 6. The largest absolute Gasteiger partial charge is 0.493 e. The second-order valence-electron chi connectivity index (χ2n) is 6.38. The van der Waals surface area contributed by atoms with E-state index in [-0.39, 0.29) is 0 Å². The van der Waals surface area contributed by atoms with Gasteiger partial charge in [-0.2, -0.15) is 0 Å². The average molecular weight is 405 g/mol. The highest BCUT2D eigenvalue weighted by atomic mass is 32.1. The standard InChI is InChI=1S/C22H19N3O3S/c1-27-16-9-8-13(10-17(16)28-2)14-11-15(12-6-4-3-5-7-12)25-22-18(14)19(23)20(29-22)21(24)26/h3-11H,23H2,1-2H3,(H2,24,26). The van der Waals surface area contributed by atoms with E-state index in [1.165, 1.54) is 11.3 Å². The van der Waals surface area contributed by atoms with E-state index in [4.69, 9.17) is 25.9 Å². The molecular weight excluding hydrogens is 386 g/mol. The number of aromatic nitrogens is 1.